The lowest BCUT2D eigenvalue weighted by atomic mass is 9.85. The van der Waals surface area contributed by atoms with Crippen LogP contribution >= 0.6 is 0 Å². The number of hydrogen-bond donors (Lipinski definition) is 2. The number of halogens is 3. The zero-order valence-electron chi connectivity index (χ0n) is 12.1. The Morgan fingerprint density at radius 2 is 2.04 bits per heavy atom. The maximum absolute atomic E-state index is 12.8. The molecule has 1 amide bonds. The lowest BCUT2D eigenvalue weighted by molar-refractivity contribution is -0.383. The van der Waals surface area contributed by atoms with E-state index in [9.17, 15) is 28.1 Å². The van der Waals surface area contributed by atoms with Crippen LogP contribution in [0, 0.1) is 16.0 Å². The summed E-state index contributed by atoms with van der Waals surface area (Å²) in [6, 6.07) is 2.96. The van der Waals surface area contributed by atoms with Crippen LogP contribution < -0.4 is 11.1 Å². The molecule has 0 spiro atoms. The van der Waals surface area contributed by atoms with Gasteiger partial charge in [-0.15, -0.1) is 0 Å². The average Bonchev–Trinajstić information content (AvgIpc) is 2.46. The molecule has 6 nitrogen and oxygen atoms in total. The van der Waals surface area contributed by atoms with Crippen molar-refractivity contribution >= 4 is 17.3 Å². The average molecular weight is 331 g/mol. The van der Waals surface area contributed by atoms with E-state index in [1.807, 2.05) is 0 Å². The van der Waals surface area contributed by atoms with Crippen LogP contribution in [0.3, 0.4) is 0 Å². The standard InChI is InChI=1S/C14H16F3N3O3/c15-14(16,17)9-2-1-3-10(7-9)19-13(21)8-4-5-11(18)12(6-8)20(22)23/h4-6,9-10H,1-3,7,18H2,(H,19,21)/t9-,10-/m0/s1. The number of nitrogen functional groups attached to an aromatic ring is 1. The van der Waals surface area contributed by atoms with E-state index in [1.165, 1.54) is 12.1 Å². The van der Waals surface area contributed by atoms with Gasteiger partial charge in [-0.2, -0.15) is 13.2 Å². The van der Waals surface area contributed by atoms with E-state index in [0.29, 0.717) is 12.8 Å². The van der Waals surface area contributed by atoms with Gasteiger partial charge in [-0.25, -0.2) is 0 Å². The fourth-order valence-corrected chi connectivity index (χ4v) is 2.73. The smallest absolute Gasteiger partial charge is 0.391 e. The second-order valence-electron chi connectivity index (χ2n) is 5.61. The number of nitro groups is 1. The van der Waals surface area contributed by atoms with E-state index in [1.54, 1.807) is 0 Å². The second kappa shape index (κ2) is 6.43. The molecule has 3 N–H and O–H groups in total. The van der Waals surface area contributed by atoms with Crippen LogP contribution in [0.15, 0.2) is 18.2 Å². The van der Waals surface area contributed by atoms with Gasteiger partial charge in [0.2, 0.25) is 0 Å². The van der Waals surface area contributed by atoms with Crippen LogP contribution in [-0.2, 0) is 0 Å². The minimum absolute atomic E-state index is 0.0000298. The summed E-state index contributed by atoms with van der Waals surface area (Å²) in [5.74, 6) is -2.07. The first-order chi connectivity index (χ1) is 10.7. The van der Waals surface area contributed by atoms with Gasteiger partial charge in [-0.05, 0) is 31.4 Å². The first-order valence-electron chi connectivity index (χ1n) is 7.10. The summed E-state index contributed by atoms with van der Waals surface area (Å²) in [6.07, 6.45) is -3.56. The Balaban J connectivity index is 2.07. The zero-order chi connectivity index (χ0) is 17.2. The lowest BCUT2D eigenvalue weighted by Gasteiger charge is -2.31. The van der Waals surface area contributed by atoms with Gasteiger partial charge in [0.15, 0.2) is 0 Å². The van der Waals surface area contributed by atoms with Crippen molar-refractivity contribution in [1.82, 2.24) is 5.32 Å². The molecular weight excluding hydrogens is 315 g/mol. The van der Waals surface area contributed by atoms with Crippen molar-refractivity contribution in [2.24, 2.45) is 5.92 Å². The number of nitro benzene ring substituents is 1. The number of benzene rings is 1. The maximum atomic E-state index is 12.8. The molecule has 23 heavy (non-hydrogen) atoms. The predicted molar refractivity (Wildman–Crippen MR) is 76.8 cm³/mol. The van der Waals surface area contributed by atoms with E-state index in [4.69, 9.17) is 5.73 Å². The van der Waals surface area contributed by atoms with Crippen LogP contribution in [0.25, 0.3) is 0 Å². The molecule has 1 aromatic rings. The number of rotatable bonds is 3. The van der Waals surface area contributed by atoms with Gasteiger partial charge in [-0.3, -0.25) is 14.9 Å². The Morgan fingerprint density at radius 1 is 1.35 bits per heavy atom. The molecule has 0 aromatic heterocycles. The van der Waals surface area contributed by atoms with Gasteiger partial charge in [0.1, 0.15) is 5.69 Å². The van der Waals surface area contributed by atoms with Gasteiger partial charge in [0, 0.05) is 17.7 Å². The summed E-state index contributed by atoms with van der Waals surface area (Å²) in [7, 11) is 0. The number of alkyl halides is 3. The third-order valence-electron chi connectivity index (χ3n) is 3.96. The molecule has 0 heterocycles. The number of amides is 1. The Labute approximate surface area is 130 Å². The van der Waals surface area contributed by atoms with Crippen molar-refractivity contribution in [3.05, 3.63) is 33.9 Å². The van der Waals surface area contributed by atoms with Gasteiger partial charge in [0.25, 0.3) is 11.6 Å². The van der Waals surface area contributed by atoms with Crippen LogP contribution in [0.1, 0.15) is 36.0 Å². The number of hydrogen-bond acceptors (Lipinski definition) is 4. The SMILES string of the molecule is Nc1ccc(C(=O)N[C@H]2CCC[C@H](C(F)(F)F)C2)cc1[N+](=O)[O-]. The van der Waals surface area contributed by atoms with Crippen LogP contribution in [0.2, 0.25) is 0 Å². The number of nitrogens with two attached hydrogens (primary N) is 1. The summed E-state index contributed by atoms with van der Waals surface area (Å²) >= 11 is 0. The summed E-state index contributed by atoms with van der Waals surface area (Å²) in [6.45, 7) is 0. The fraction of sp³-hybridized carbons (Fsp3) is 0.500. The molecule has 9 heteroatoms. The fourth-order valence-electron chi connectivity index (χ4n) is 2.73. The van der Waals surface area contributed by atoms with Gasteiger partial charge in [-0.1, -0.05) is 6.42 Å². The van der Waals surface area contributed by atoms with Crippen molar-refractivity contribution in [3.8, 4) is 0 Å². The van der Waals surface area contributed by atoms with Gasteiger partial charge in [0.05, 0.1) is 10.8 Å². The first kappa shape index (κ1) is 17.0. The summed E-state index contributed by atoms with van der Waals surface area (Å²) in [4.78, 5) is 22.2. The summed E-state index contributed by atoms with van der Waals surface area (Å²) < 4.78 is 38.3. The predicted octanol–water partition coefficient (Wildman–Crippen LogP) is 3.03. The zero-order valence-corrected chi connectivity index (χ0v) is 12.1. The topological polar surface area (TPSA) is 98.3 Å². The Bertz CT molecular complexity index is 619. The number of nitrogens with one attached hydrogen (secondary N) is 1. The second-order valence-corrected chi connectivity index (χ2v) is 5.61. The van der Waals surface area contributed by atoms with Gasteiger partial charge < -0.3 is 11.1 Å². The third-order valence-corrected chi connectivity index (χ3v) is 3.96. The number of carbonyl (C=O) groups is 1. The van der Waals surface area contributed by atoms with E-state index >= 15 is 0 Å². The molecule has 0 unspecified atom stereocenters. The molecule has 0 aliphatic heterocycles. The molecule has 2 rings (SSSR count). The lowest BCUT2D eigenvalue weighted by Crippen LogP contribution is -2.41. The molecule has 0 saturated heterocycles. The highest BCUT2D eigenvalue weighted by Gasteiger charge is 2.42. The number of carbonyl (C=O) groups excluding carboxylic acids is 1. The molecule has 126 valence electrons. The van der Waals surface area contributed by atoms with Crippen molar-refractivity contribution in [1.29, 1.82) is 0 Å². The molecule has 1 aromatic carbocycles. The Morgan fingerprint density at radius 3 is 2.65 bits per heavy atom. The monoisotopic (exact) mass is 331 g/mol. The van der Waals surface area contributed by atoms with E-state index in [2.05, 4.69) is 5.32 Å². The third kappa shape index (κ3) is 4.11. The van der Waals surface area contributed by atoms with E-state index in [0.717, 1.165) is 6.07 Å². The highest BCUT2D eigenvalue weighted by Crippen LogP contribution is 2.37. The van der Waals surface area contributed by atoms with Crippen molar-refractivity contribution in [3.63, 3.8) is 0 Å². The molecule has 1 fully saturated rings. The molecule has 0 radical (unpaired) electrons. The number of anilines is 1. The van der Waals surface area contributed by atoms with Crippen molar-refractivity contribution < 1.29 is 22.9 Å². The minimum atomic E-state index is -4.27. The van der Waals surface area contributed by atoms with Crippen LogP contribution in [0.4, 0.5) is 24.5 Å². The van der Waals surface area contributed by atoms with Crippen molar-refractivity contribution in [2.75, 3.05) is 5.73 Å². The highest BCUT2D eigenvalue weighted by molar-refractivity contribution is 5.95. The molecule has 1 aliphatic rings. The number of nitrogens with zero attached hydrogens (tertiary/aromatic N) is 1. The normalized spacial score (nSPS) is 21.7. The van der Waals surface area contributed by atoms with Crippen molar-refractivity contribution in [2.45, 2.75) is 37.9 Å². The Hall–Kier alpha value is -2.32. The molecule has 0 bridgehead atoms. The van der Waals surface area contributed by atoms with E-state index in [-0.39, 0.29) is 24.1 Å². The quantitative estimate of drug-likeness (QED) is 0.505. The largest absolute Gasteiger partial charge is 0.393 e. The molecule has 2 atom stereocenters. The van der Waals surface area contributed by atoms with Crippen LogP contribution in [0.5, 0.6) is 0 Å². The minimum Gasteiger partial charge on any atom is -0.393 e. The van der Waals surface area contributed by atoms with Crippen LogP contribution in [-0.4, -0.2) is 23.0 Å². The Kier molecular flexibility index (Phi) is 4.76. The van der Waals surface area contributed by atoms with E-state index < -0.39 is 34.7 Å². The molecule has 1 aliphatic carbocycles. The summed E-state index contributed by atoms with van der Waals surface area (Å²) in [5.41, 5.74) is 4.95. The highest BCUT2D eigenvalue weighted by atomic mass is 19.4. The molecule has 1 saturated carbocycles. The molecular formula is C14H16F3N3O3. The first-order valence-corrected chi connectivity index (χ1v) is 7.10. The van der Waals surface area contributed by atoms with Gasteiger partial charge >= 0.3 is 6.18 Å². The summed E-state index contributed by atoms with van der Waals surface area (Å²) in [5, 5.41) is 13.3. The maximum Gasteiger partial charge on any atom is 0.391 e.